The zero-order chi connectivity index (χ0) is 23.1. The van der Waals surface area contributed by atoms with Gasteiger partial charge in [0.05, 0.1) is 17.1 Å². The highest BCUT2D eigenvalue weighted by molar-refractivity contribution is 7.80. The van der Waals surface area contributed by atoms with Gasteiger partial charge in [-0.3, -0.25) is 24.7 Å². The van der Waals surface area contributed by atoms with Crippen LogP contribution in [0.15, 0.2) is 36.4 Å². The number of carbonyl (C=O) groups is 2. The Kier molecular flexibility index (Phi) is 6.11. The van der Waals surface area contributed by atoms with Crippen molar-refractivity contribution in [1.82, 2.24) is 15.1 Å². The van der Waals surface area contributed by atoms with E-state index < -0.39 is 11.6 Å². The molecule has 0 spiro atoms. The van der Waals surface area contributed by atoms with Gasteiger partial charge in [0.15, 0.2) is 0 Å². The van der Waals surface area contributed by atoms with Gasteiger partial charge in [-0.1, -0.05) is 18.2 Å². The molecule has 2 amide bonds. The van der Waals surface area contributed by atoms with Crippen molar-refractivity contribution in [2.24, 2.45) is 0 Å². The number of hydrogen-bond acceptors (Lipinski definition) is 6. The van der Waals surface area contributed by atoms with Crippen LogP contribution in [-0.2, 0) is 22.7 Å². The van der Waals surface area contributed by atoms with Crippen molar-refractivity contribution in [2.75, 3.05) is 31.1 Å². The molecule has 2 atom stereocenters. The number of carbonyl (C=O) groups excluding carboxylic acids is 2. The van der Waals surface area contributed by atoms with E-state index in [1.165, 1.54) is 17.7 Å². The summed E-state index contributed by atoms with van der Waals surface area (Å²) in [7, 11) is 0. The fraction of sp³-hybridized carbons (Fsp3) is 0.417. The lowest BCUT2D eigenvalue weighted by atomic mass is 10.0. The number of rotatable bonds is 4. The number of thiol groups is 1. The standard InChI is InChI=1S/C24H26F2N4O2S/c25-17-2-4-19(26)21(12-17)29-9-7-28(8-10-29)13-15-1-3-18-16(11-15)14-30(24(18)33)20-5-6-22(31)27-23(20)32/h1-4,11-12,20,24,33H,5-10,13-14H2,(H,27,31,32). The molecule has 6 nitrogen and oxygen atoms in total. The minimum Gasteiger partial charge on any atom is -0.367 e. The van der Waals surface area contributed by atoms with Gasteiger partial charge in [-0.15, -0.1) is 0 Å². The van der Waals surface area contributed by atoms with Gasteiger partial charge >= 0.3 is 0 Å². The Morgan fingerprint density at radius 3 is 2.58 bits per heavy atom. The Labute approximate surface area is 196 Å². The molecule has 3 aliphatic rings. The summed E-state index contributed by atoms with van der Waals surface area (Å²) in [5, 5.41) is 2.25. The number of halogens is 2. The van der Waals surface area contributed by atoms with Crippen molar-refractivity contribution in [3.63, 3.8) is 0 Å². The average Bonchev–Trinajstić information content (AvgIpc) is 3.11. The molecule has 0 aliphatic carbocycles. The van der Waals surface area contributed by atoms with E-state index in [1.54, 1.807) is 0 Å². The Morgan fingerprint density at radius 1 is 1.03 bits per heavy atom. The summed E-state index contributed by atoms with van der Waals surface area (Å²) in [5.74, 6) is -1.29. The summed E-state index contributed by atoms with van der Waals surface area (Å²) in [6.45, 7) is 4.16. The van der Waals surface area contributed by atoms with Crippen molar-refractivity contribution in [3.05, 3.63) is 64.7 Å². The van der Waals surface area contributed by atoms with E-state index in [0.717, 1.165) is 36.8 Å². The van der Waals surface area contributed by atoms with E-state index >= 15 is 0 Å². The minimum atomic E-state index is -0.430. The van der Waals surface area contributed by atoms with E-state index in [4.69, 9.17) is 12.6 Å². The molecule has 1 N–H and O–H groups in total. The largest absolute Gasteiger partial charge is 0.367 e. The summed E-state index contributed by atoms with van der Waals surface area (Å²) in [6, 6.07) is 9.56. The maximum Gasteiger partial charge on any atom is 0.243 e. The quantitative estimate of drug-likeness (QED) is 0.530. The second-order valence-electron chi connectivity index (χ2n) is 8.90. The summed E-state index contributed by atoms with van der Waals surface area (Å²) in [4.78, 5) is 30.1. The number of anilines is 1. The van der Waals surface area contributed by atoms with Gasteiger partial charge in [0.25, 0.3) is 0 Å². The molecular weight excluding hydrogens is 446 g/mol. The van der Waals surface area contributed by atoms with Gasteiger partial charge in [-0.05, 0) is 35.2 Å². The first kappa shape index (κ1) is 22.3. The zero-order valence-electron chi connectivity index (χ0n) is 18.1. The van der Waals surface area contributed by atoms with Crippen LogP contribution in [-0.4, -0.2) is 53.8 Å². The molecular formula is C24H26F2N4O2S. The molecule has 0 radical (unpaired) electrons. The normalized spacial score (nSPS) is 24.2. The number of fused-ring (bicyclic) bond motifs is 1. The molecule has 2 aromatic carbocycles. The maximum atomic E-state index is 14.1. The number of imide groups is 1. The first-order valence-electron chi connectivity index (χ1n) is 11.2. The lowest BCUT2D eigenvalue weighted by Crippen LogP contribution is -2.51. The van der Waals surface area contributed by atoms with Crippen LogP contribution >= 0.6 is 12.6 Å². The van der Waals surface area contributed by atoms with Crippen molar-refractivity contribution < 1.29 is 18.4 Å². The van der Waals surface area contributed by atoms with Gasteiger partial charge < -0.3 is 4.90 Å². The van der Waals surface area contributed by atoms with Crippen LogP contribution in [0.4, 0.5) is 14.5 Å². The van der Waals surface area contributed by atoms with Crippen LogP contribution in [0, 0.1) is 11.6 Å². The maximum absolute atomic E-state index is 14.1. The fourth-order valence-corrected chi connectivity index (χ4v) is 5.51. The number of amides is 2. The third-order valence-electron chi connectivity index (χ3n) is 6.79. The molecule has 3 aliphatic heterocycles. The van der Waals surface area contributed by atoms with Crippen molar-refractivity contribution in [1.29, 1.82) is 0 Å². The van der Waals surface area contributed by atoms with Crippen LogP contribution in [0.25, 0.3) is 0 Å². The first-order chi connectivity index (χ1) is 15.9. The van der Waals surface area contributed by atoms with Crippen LogP contribution in [0.3, 0.4) is 0 Å². The van der Waals surface area contributed by atoms with Crippen LogP contribution in [0.1, 0.15) is 34.9 Å². The summed E-state index contributed by atoms with van der Waals surface area (Å²) in [6.07, 6.45) is 0.860. The molecule has 0 saturated carbocycles. The lowest BCUT2D eigenvalue weighted by Gasteiger charge is -2.36. The predicted molar refractivity (Wildman–Crippen MR) is 124 cm³/mol. The number of hydrogen-bond donors (Lipinski definition) is 2. The van der Waals surface area contributed by atoms with Crippen LogP contribution in [0.2, 0.25) is 0 Å². The van der Waals surface area contributed by atoms with Gasteiger partial charge in [0, 0.05) is 51.8 Å². The molecule has 33 heavy (non-hydrogen) atoms. The van der Waals surface area contributed by atoms with Crippen LogP contribution < -0.4 is 10.2 Å². The molecule has 2 fully saturated rings. The number of benzene rings is 2. The SMILES string of the molecule is O=C1CCC(N2Cc3cc(CN4CCN(c5cc(F)ccc5F)CC4)ccc3C2S)C(=O)N1. The molecule has 0 aromatic heterocycles. The molecule has 2 aromatic rings. The van der Waals surface area contributed by atoms with Crippen LogP contribution in [0.5, 0.6) is 0 Å². The molecule has 0 bridgehead atoms. The van der Waals surface area contributed by atoms with E-state index in [2.05, 4.69) is 28.4 Å². The number of nitrogens with one attached hydrogen (secondary N) is 1. The van der Waals surface area contributed by atoms with E-state index in [9.17, 15) is 18.4 Å². The molecule has 174 valence electrons. The number of piperazine rings is 1. The zero-order valence-corrected chi connectivity index (χ0v) is 19.0. The molecule has 5 rings (SSSR count). The molecule has 2 saturated heterocycles. The highest BCUT2D eigenvalue weighted by atomic mass is 32.1. The molecule has 3 heterocycles. The molecule has 2 unspecified atom stereocenters. The third kappa shape index (κ3) is 4.49. The highest BCUT2D eigenvalue weighted by Gasteiger charge is 2.39. The van der Waals surface area contributed by atoms with E-state index in [-0.39, 0.29) is 23.2 Å². The monoisotopic (exact) mass is 472 g/mol. The second-order valence-corrected chi connectivity index (χ2v) is 9.39. The van der Waals surface area contributed by atoms with E-state index in [1.807, 2.05) is 9.80 Å². The predicted octanol–water partition coefficient (Wildman–Crippen LogP) is 2.84. The number of nitrogens with zero attached hydrogens (tertiary/aromatic N) is 3. The number of piperidine rings is 1. The Hall–Kier alpha value is -2.49. The average molecular weight is 473 g/mol. The van der Waals surface area contributed by atoms with Crippen molar-refractivity contribution in [3.8, 4) is 0 Å². The second kappa shape index (κ2) is 9.04. The Bertz CT molecular complexity index is 1090. The Morgan fingerprint density at radius 2 is 1.82 bits per heavy atom. The third-order valence-corrected chi connectivity index (χ3v) is 7.37. The lowest BCUT2D eigenvalue weighted by molar-refractivity contribution is -0.137. The molecule has 9 heteroatoms. The fourth-order valence-electron chi connectivity index (χ4n) is 5.02. The van der Waals surface area contributed by atoms with Crippen molar-refractivity contribution >= 4 is 30.1 Å². The Balaban J connectivity index is 1.21. The van der Waals surface area contributed by atoms with Gasteiger partial charge in [-0.2, -0.15) is 12.6 Å². The smallest absolute Gasteiger partial charge is 0.243 e. The van der Waals surface area contributed by atoms with E-state index in [0.29, 0.717) is 38.2 Å². The summed E-state index contributed by atoms with van der Waals surface area (Å²) in [5.41, 5.74) is 3.74. The van der Waals surface area contributed by atoms with Gasteiger partial charge in [0.1, 0.15) is 11.6 Å². The summed E-state index contributed by atoms with van der Waals surface area (Å²) >= 11 is 4.75. The van der Waals surface area contributed by atoms with Gasteiger partial charge in [-0.25, -0.2) is 8.78 Å². The van der Waals surface area contributed by atoms with Gasteiger partial charge in [0.2, 0.25) is 11.8 Å². The minimum absolute atomic E-state index is 0.178. The topological polar surface area (TPSA) is 55.9 Å². The highest BCUT2D eigenvalue weighted by Crippen LogP contribution is 2.39. The summed E-state index contributed by atoms with van der Waals surface area (Å²) < 4.78 is 27.6. The first-order valence-corrected chi connectivity index (χ1v) is 11.7. The van der Waals surface area contributed by atoms with Crippen molar-refractivity contribution in [2.45, 2.75) is 37.3 Å².